The van der Waals surface area contributed by atoms with E-state index in [9.17, 15) is 0 Å². The van der Waals surface area contributed by atoms with Crippen molar-refractivity contribution >= 4 is 10.4 Å². The maximum atomic E-state index is 3.64. The first-order valence-corrected chi connectivity index (χ1v) is 2.85. The lowest BCUT2D eigenvalue weighted by Crippen LogP contribution is -2.07. The third kappa shape index (κ3) is 4.18. The fourth-order valence-electron chi connectivity index (χ4n) is 0.177. The number of hydrogen-bond acceptors (Lipinski definition) is 1. The summed E-state index contributed by atoms with van der Waals surface area (Å²) < 4.78 is 0. The zero-order valence-corrected chi connectivity index (χ0v) is 5.62. The Morgan fingerprint density at radius 1 is 1.80 bits per heavy atom. The van der Waals surface area contributed by atoms with E-state index in [0.717, 1.165) is 23.4 Å². The van der Waals surface area contributed by atoms with Crippen molar-refractivity contribution in [2.45, 2.75) is 6.42 Å². The van der Waals surface area contributed by atoms with Gasteiger partial charge in [0, 0.05) is 0 Å². The van der Waals surface area contributed by atoms with Gasteiger partial charge < -0.3 is 4.98 Å². The molecule has 0 atom stereocenters. The molecule has 0 unspecified atom stereocenters. The summed E-state index contributed by atoms with van der Waals surface area (Å²) in [7, 11) is 1.11. The van der Waals surface area contributed by atoms with Crippen LogP contribution in [0.4, 0.5) is 0 Å². The second kappa shape index (κ2) is 4.18. The zero-order valence-electron chi connectivity index (χ0n) is 3.62. The summed E-state index contributed by atoms with van der Waals surface area (Å²) in [5, 5.41) is 0. The predicted molar refractivity (Wildman–Crippen MR) is 27.9 cm³/mol. The van der Waals surface area contributed by atoms with Crippen molar-refractivity contribution in [3.8, 4) is 0 Å². The van der Waals surface area contributed by atoms with E-state index in [0.29, 0.717) is 0 Å². The summed E-state index contributed by atoms with van der Waals surface area (Å²) in [5.74, 6) is 0. The number of nitrogens with one attached hydrogen (secondary N) is 1. The Morgan fingerprint density at radius 2 is 2.40 bits per heavy atom. The average molecular weight is 88.2 g/mol. The minimum absolute atomic E-state index is 1.02. The van der Waals surface area contributed by atoms with E-state index in [2.05, 4.69) is 11.9 Å². The van der Waals surface area contributed by atoms with Crippen molar-refractivity contribution in [3.05, 3.63) is 6.92 Å². The Kier molecular flexibility index (Phi) is 4.32. The largest absolute Gasteiger partial charge is 0.345 e. The van der Waals surface area contributed by atoms with Gasteiger partial charge in [-0.05, 0) is 13.0 Å². The van der Waals surface area contributed by atoms with Crippen LogP contribution in [0.3, 0.4) is 0 Å². The van der Waals surface area contributed by atoms with Crippen LogP contribution in [0.25, 0.3) is 0 Å². The highest BCUT2D eigenvalue weighted by molar-refractivity contribution is 6.04. The second-order valence-corrected chi connectivity index (χ2v) is 1.66. The fraction of sp³-hybridized carbons (Fsp3) is 0.667. The van der Waals surface area contributed by atoms with Crippen LogP contribution >= 0.6 is 0 Å². The van der Waals surface area contributed by atoms with Gasteiger partial charge in [0.2, 0.25) is 0 Å². The molecule has 0 heterocycles. The molecule has 5 heavy (non-hydrogen) atoms. The van der Waals surface area contributed by atoms with Crippen LogP contribution in [0.2, 0.25) is 0 Å². The fourth-order valence-corrected chi connectivity index (χ4v) is 0.530. The molecule has 0 bridgehead atoms. The molecule has 0 saturated heterocycles. The first-order valence-electron chi connectivity index (χ1n) is 1.85. The number of rotatable bonds is 2. The normalized spacial score (nSPS) is 9.00. The smallest absolute Gasteiger partial charge is 0.0749 e. The monoisotopic (exact) mass is 88.1 g/mol. The van der Waals surface area contributed by atoms with Crippen LogP contribution < -0.4 is 4.98 Å². The van der Waals surface area contributed by atoms with Crippen LogP contribution in [0.15, 0.2) is 0 Å². The van der Waals surface area contributed by atoms with Crippen molar-refractivity contribution in [2.75, 3.05) is 6.54 Å². The summed E-state index contributed by atoms with van der Waals surface area (Å²) in [6.45, 7) is 4.72. The van der Waals surface area contributed by atoms with E-state index in [-0.39, 0.29) is 0 Å². The first kappa shape index (κ1) is 5.18. The topological polar surface area (TPSA) is 12.0 Å². The molecule has 1 nitrogen and oxygen atoms in total. The van der Waals surface area contributed by atoms with Crippen LogP contribution in [0.5, 0.6) is 0 Å². The van der Waals surface area contributed by atoms with Gasteiger partial charge in [-0.1, -0.05) is 6.92 Å². The quantitative estimate of drug-likeness (QED) is 0.430. The molecule has 0 aromatic carbocycles. The van der Waals surface area contributed by atoms with E-state index in [4.69, 9.17) is 0 Å². The summed E-state index contributed by atoms with van der Waals surface area (Å²) in [6, 6.07) is 0. The van der Waals surface area contributed by atoms with E-state index in [1.54, 1.807) is 0 Å². The molecule has 31 valence electrons. The zero-order chi connectivity index (χ0) is 4.12. The van der Waals surface area contributed by atoms with Gasteiger partial charge in [0.1, 0.15) is 0 Å². The predicted octanol–water partition coefficient (Wildman–Crippen LogP) is -0.919. The first-order chi connectivity index (χ1) is 2.41. The second-order valence-electron chi connectivity index (χ2n) is 0.957. The van der Waals surface area contributed by atoms with E-state index in [1.807, 2.05) is 0 Å². The van der Waals surface area contributed by atoms with Crippen molar-refractivity contribution < 1.29 is 0 Å². The van der Waals surface area contributed by atoms with E-state index >= 15 is 0 Å². The molecule has 0 aliphatic heterocycles. The maximum Gasteiger partial charge on any atom is 0.0749 e. The molecule has 1 N–H and O–H groups in total. The van der Waals surface area contributed by atoms with Crippen LogP contribution in [-0.2, 0) is 0 Å². The van der Waals surface area contributed by atoms with Crippen LogP contribution in [-0.4, -0.2) is 16.9 Å². The third-order valence-electron chi connectivity index (χ3n) is 0.427. The molecular formula is C3H10NSi. The van der Waals surface area contributed by atoms with Gasteiger partial charge in [-0.15, -0.1) is 0 Å². The SMILES string of the molecule is [CH2]CCN[SiH3]. The minimum Gasteiger partial charge on any atom is -0.345 e. The summed E-state index contributed by atoms with van der Waals surface area (Å²) in [4.78, 5) is 3.09. The molecule has 0 aromatic rings. The van der Waals surface area contributed by atoms with Gasteiger partial charge in [0.05, 0.1) is 10.4 Å². The van der Waals surface area contributed by atoms with Crippen LogP contribution in [0.1, 0.15) is 6.42 Å². The van der Waals surface area contributed by atoms with E-state index < -0.39 is 0 Å². The Labute approximate surface area is 36.3 Å². The summed E-state index contributed by atoms with van der Waals surface area (Å²) >= 11 is 0. The molecule has 0 aromatic heterocycles. The molecule has 0 fully saturated rings. The van der Waals surface area contributed by atoms with Crippen LogP contribution in [0, 0.1) is 6.92 Å². The van der Waals surface area contributed by atoms with Gasteiger partial charge in [-0.2, -0.15) is 0 Å². The lowest BCUT2D eigenvalue weighted by Gasteiger charge is -1.84. The van der Waals surface area contributed by atoms with Gasteiger partial charge in [0.15, 0.2) is 0 Å². The molecule has 0 saturated carbocycles. The number of hydrogen-bond donors (Lipinski definition) is 1. The van der Waals surface area contributed by atoms with Gasteiger partial charge >= 0.3 is 0 Å². The van der Waals surface area contributed by atoms with Crippen molar-refractivity contribution in [3.63, 3.8) is 0 Å². The molecule has 0 aliphatic rings. The molecule has 0 aliphatic carbocycles. The highest BCUT2D eigenvalue weighted by Gasteiger charge is 1.64. The van der Waals surface area contributed by atoms with E-state index in [1.165, 1.54) is 0 Å². The Balaban J connectivity index is 2.19. The Hall–Kier alpha value is 0.177. The molecule has 1 radical (unpaired) electrons. The summed E-state index contributed by atoms with van der Waals surface area (Å²) in [5.41, 5.74) is 0. The lowest BCUT2D eigenvalue weighted by atomic mass is 10.5. The van der Waals surface area contributed by atoms with Crippen molar-refractivity contribution in [1.82, 2.24) is 4.98 Å². The third-order valence-corrected chi connectivity index (χ3v) is 0.927. The Bertz CT molecular complexity index is 14.4. The van der Waals surface area contributed by atoms with Crippen molar-refractivity contribution in [1.29, 1.82) is 0 Å². The lowest BCUT2D eigenvalue weighted by molar-refractivity contribution is 0.924. The molecule has 2 heteroatoms. The van der Waals surface area contributed by atoms with Gasteiger partial charge in [-0.25, -0.2) is 0 Å². The Morgan fingerprint density at radius 3 is 2.40 bits per heavy atom. The molecular weight excluding hydrogens is 78.1 g/mol. The van der Waals surface area contributed by atoms with Gasteiger partial charge in [0.25, 0.3) is 0 Å². The maximum absolute atomic E-state index is 3.64. The average Bonchev–Trinajstić information content (AvgIpc) is 1.41. The van der Waals surface area contributed by atoms with Crippen molar-refractivity contribution in [2.24, 2.45) is 0 Å². The molecule has 0 rings (SSSR count). The molecule has 0 amide bonds. The minimum atomic E-state index is 1.02. The highest BCUT2D eigenvalue weighted by atomic mass is 28.2. The standard InChI is InChI=1S/C3H10NSi/c1-2-3-4-5/h4H,1-3H2,5H3. The highest BCUT2D eigenvalue weighted by Crippen LogP contribution is 1.60. The van der Waals surface area contributed by atoms with Gasteiger partial charge in [-0.3, -0.25) is 0 Å². The molecule has 0 spiro atoms. The summed E-state index contributed by atoms with van der Waals surface area (Å²) in [6.07, 6.45) is 1.02.